The Labute approximate surface area is 97.9 Å². The monoisotopic (exact) mass is 251 g/mol. The van der Waals surface area contributed by atoms with Crippen LogP contribution in [-0.4, -0.2) is 19.3 Å². The number of hydrogen-bond acceptors (Lipinski definition) is 3. The van der Waals surface area contributed by atoms with E-state index in [0.717, 1.165) is 12.1 Å². The lowest BCUT2D eigenvalue weighted by molar-refractivity contribution is -0.146. The Bertz CT molecular complexity index is 323. The summed E-state index contributed by atoms with van der Waals surface area (Å²) in [4.78, 5) is 0. The number of nitrogens with one attached hydrogen (secondary N) is 1. The fraction of sp³-hybridized carbons (Fsp3) is 0.636. The van der Waals surface area contributed by atoms with Crippen LogP contribution in [0, 0.1) is 0 Å². The smallest absolute Gasteiger partial charge is 0.391 e. The first kappa shape index (κ1) is 14.1. The van der Waals surface area contributed by atoms with Gasteiger partial charge in [0.05, 0.1) is 19.3 Å². The normalized spacial score (nSPS) is 12.0. The molecule has 0 aliphatic carbocycles. The zero-order valence-corrected chi connectivity index (χ0v) is 9.64. The second kappa shape index (κ2) is 6.66. The minimum absolute atomic E-state index is 0.0732. The predicted octanol–water partition coefficient (Wildman–Crippen LogP) is 2.86. The number of ether oxygens (including phenoxy) is 1. The highest BCUT2D eigenvalue weighted by molar-refractivity contribution is 5.15. The van der Waals surface area contributed by atoms with Gasteiger partial charge in [0.1, 0.15) is 12.4 Å². The van der Waals surface area contributed by atoms with Crippen molar-refractivity contribution >= 4 is 0 Å². The highest BCUT2D eigenvalue weighted by atomic mass is 19.4. The molecular weight excluding hydrogens is 235 g/mol. The second-order valence-electron chi connectivity index (χ2n) is 3.57. The SMILES string of the molecule is CCNCc1ccoc1COCCC(F)(F)F. The van der Waals surface area contributed by atoms with Crippen LogP contribution in [0.2, 0.25) is 0 Å². The van der Waals surface area contributed by atoms with Gasteiger partial charge in [-0.25, -0.2) is 0 Å². The topological polar surface area (TPSA) is 34.4 Å². The molecule has 0 aromatic carbocycles. The van der Waals surface area contributed by atoms with Gasteiger partial charge in [0.25, 0.3) is 0 Å². The molecule has 98 valence electrons. The summed E-state index contributed by atoms with van der Waals surface area (Å²) in [6.45, 7) is 3.15. The molecule has 1 aromatic rings. The van der Waals surface area contributed by atoms with Crippen LogP contribution in [0.5, 0.6) is 0 Å². The summed E-state index contributed by atoms with van der Waals surface area (Å²) in [5, 5.41) is 3.11. The number of hydrogen-bond donors (Lipinski definition) is 1. The van der Waals surface area contributed by atoms with Gasteiger partial charge >= 0.3 is 6.18 Å². The van der Waals surface area contributed by atoms with Crippen molar-refractivity contribution in [3.63, 3.8) is 0 Å². The first-order valence-corrected chi connectivity index (χ1v) is 5.43. The molecule has 0 bridgehead atoms. The summed E-state index contributed by atoms with van der Waals surface area (Å²) >= 11 is 0. The van der Waals surface area contributed by atoms with Crippen LogP contribution in [0.15, 0.2) is 16.7 Å². The van der Waals surface area contributed by atoms with E-state index >= 15 is 0 Å². The maximum Gasteiger partial charge on any atom is 0.391 e. The first-order valence-electron chi connectivity index (χ1n) is 5.43. The standard InChI is InChI=1S/C11H16F3NO2/c1-2-15-7-9-3-5-17-10(9)8-16-6-4-11(12,13)14/h3,5,15H,2,4,6-8H2,1H3. The predicted molar refractivity (Wildman–Crippen MR) is 56.4 cm³/mol. The summed E-state index contributed by atoms with van der Waals surface area (Å²) in [5.41, 5.74) is 0.916. The summed E-state index contributed by atoms with van der Waals surface area (Å²) in [5.74, 6) is 0.577. The molecule has 3 nitrogen and oxygen atoms in total. The second-order valence-corrected chi connectivity index (χ2v) is 3.57. The molecule has 0 radical (unpaired) electrons. The quantitative estimate of drug-likeness (QED) is 0.757. The Hall–Kier alpha value is -1.01. The maximum atomic E-state index is 11.9. The lowest BCUT2D eigenvalue weighted by atomic mass is 10.2. The van der Waals surface area contributed by atoms with Crippen molar-refractivity contribution in [1.82, 2.24) is 5.32 Å². The van der Waals surface area contributed by atoms with E-state index in [4.69, 9.17) is 9.15 Å². The highest BCUT2D eigenvalue weighted by Crippen LogP contribution is 2.19. The Morgan fingerprint density at radius 2 is 2.18 bits per heavy atom. The average Bonchev–Trinajstić information content (AvgIpc) is 2.67. The van der Waals surface area contributed by atoms with Gasteiger partial charge in [-0.15, -0.1) is 0 Å². The summed E-state index contributed by atoms with van der Waals surface area (Å²) in [7, 11) is 0. The van der Waals surface area contributed by atoms with Crippen LogP contribution in [0.4, 0.5) is 13.2 Å². The van der Waals surface area contributed by atoms with Gasteiger partial charge in [0.15, 0.2) is 0 Å². The Morgan fingerprint density at radius 3 is 2.82 bits per heavy atom. The van der Waals surface area contributed by atoms with Gasteiger partial charge in [-0.2, -0.15) is 13.2 Å². The lowest BCUT2D eigenvalue weighted by Gasteiger charge is -2.07. The third-order valence-electron chi connectivity index (χ3n) is 2.17. The van der Waals surface area contributed by atoms with E-state index in [0.29, 0.717) is 12.3 Å². The van der Waals surface area contributed by atoms with Crippen LogP contribution in [0.1, 0.15) is 24.7 Å². The molecule has 0 atom stereocenters. The lowest BCUT2D eigenvalue weighted by Crippen LogP contribution is -2.13. The van der Waals surface area contributed by atoms with Crippen LogP contribution in [0.3, 0.4) is 0 Å². The van der Waals surface area contributed by atoms with E-state index in [1.165, 1.54) is 6.26 Å². The van der Waals surface area contributed by atoms with E-state index in [1.54, 1.807) is 6.07 Å². The third-order valence-corrected chi connectivity index (χ3v) is 2.17. The molecular formula is C11H16F3NO2. The Morgan fingerprint density at radius 1 is 1.41 bits per heavy atom. The average molecular weight is 251 g/mol. The van der Waals surface area contributed by atoms with Crippen LogP contribution in [0.25, 0.3) is 0 Å². The third kappa shape index (κ3) is 5.74. The van der Waals surface area contributed by atoms with Gasteiger partial charge in [-0.3, -0.25) is 0 Å². The van der Waals surface area contributed by atoms with Crippen molar-refractivity contribution in [2.75, 3.05) is 13.2 Å². The van der Waals surface area contributed by atoms with E-state index in [9.17, 15) is 13.2 Å². The fourth-order valence-corrected chi connectivity index (χ4v) is 1.26. The summed E-state index contributed by atoms with van der Waals surface area (Å²) < 4.78 is 45.6. The van der Waals surface area contributed by atoms with Crippen LogP contribution < -0.4 is 5.32 Å². The molecule has 1 rings (SSSR count). The van der Waals surface area contributed by atoms with Gasteiger partial charge in [-0.1, -0.05) is 6.92 Å². The maximum absolute atomic E-state index is 11.9. The molecule has 0 spiro atoms. The van der Waals surface area contributed by atoms with Crippen molar-refractivity contribution in [3.8, 4) is 0 Å². The van der Waals surface area contributed by atoms with E-state index in [2.05, 4.69) is 5.32 Å². The van der Waals surface area contributed by atoms with Crippen molar-refractivity contribution in [2.45, 2.75) is 32.7 Å². The zero-order valence-electron chi connectivity index (χ0n) is 9.64. The number of furan rings is 1. The van der Waals surface area contributed by atoms with Crippen LogP contribution in [-0.2, 0) is 17.9 Å². The minimum Gasteiger partial charge on any atom is -0.467 e. The van der Waals surface area contributed by atoms with Crippen molar-refractivity contribution in [1.29, 1.82) is 0 Å². The van der Waals surface area contributed by atoms with Gasteiger partial charge in [0.2, 0.25) is 0 Å². The molecule has 0 saturated carbocycles. The molecule has 6 heteroatoms. The molecule has 0 unspecified atom stereocenters. The molecule has 0 aliphatic rings. The number of halogens is 3. The Kier molecular flexibility index (Phi) is 5.50. The molecule has 0 aliphatic heterocycles. The van der Waals surface area contributed by atoms with Crippen molar-refractivity contribution < 1.29 is 22.3 Å². The van der Waals surface area contributed by atoms with Crippen LogP contribution >= 0.6 is 0 Å². The van der Waals surface area contributed by atoms with Gasteiger partial charge in [-0.05, 0) is 12.6 Å². The van der Waals surface area contributed by atoms with Gasteiger partial charge < -0.3 is 14.5 Å². The number of alkyl halides is 3. The van der Waals surface area contributed by atoms with Crippen molar-refractivity contribution in [2.24, 2.45) is 0 Å². The largest absolute Gasteiger partial charge is 0.467 e. The van der Waals surface area contributed by atoms with E-state index < -0.39 is 12.6 Å². The summed E-state index contributed by atoms with van der Waals surface area (Å²) in [6.07, 6.45) is -3.60. The highest BCUT2D eigenvalue weighted by Gasteiger charge is 2.26. The molecule has 1 heterocycles. The minimum atomic E-state index is -4.17. The fourth-order valence-electron chi connectivity index (χ4n) is 1.26. The molecule has 1 N–H and O–H groups in total. The summed E-state index contributed by atoms with van der Waals surface area (Å²) in [6, 6.07) is 1.78. The van der Waals surface area contributed by atoms with E-state index in [1.807, 2.05) is 6.92 Å². The first-order chi connectivity index (χ1) is 8.03. The molecule has 0 saturated heterocycles. The van der Waals surface area contributed by atoms with Crippen molar-refractivity contribution in [3.05, 3.63) is 23.7 Å². The molecule has 1 aromatic heterocycles. The van der Waals surface area contributed by atoms with Gasteiger partial charge in [0, 0.05) is 12.1 Å². The zero-order chi connectivity index (χ0) is 12.7. The van der Waals surface area contributed by atoms with E-state index in [-0.39, 0.29) is 13.2 Å². The molecule has 0 fully saturated rings. The molecule has 17 heavy (non-hydrogen) atoms. The molecule has 0 amide bonds. The Balaban J connectivity index is 2.29. The number of rotatable bonds is 7.